The highest BCUT2D eigenvalue weighted by molar-refractivity contribution is 7.12. The van der Waals surface area contributed by atoms with Gasteiger partial charge in [0.15, 0.2) is 5.78 Å². The van der Waals surface area contributed by atoms with Crippen LogP contribution in [0.15, 0.2) is 11.4 Å². The van der Waals surface area contributed by atoms with Gasteiger partial charge in [-0.15, -0.1) is 11.3 Å². The van der Waals surface area contributed by atoms with Gasteiger partial charge in [0.05, 0.1) is 11.4 Å². The predicted octanol–water partition coefficient (Wildman–Crippen LogP) is 1.77. The minimum atomic E-state index is 0.0619. The lowest BCUT2D eigenvalue weighted by Gasteiger charge is -1.89. The van der Waals surface area contributed by atoms with E-state index in [1.165, 1.54) is 29.7 Å². The van der Waals surface area contributed by atoms with E-state index in [1.807, 2.05) is 6.07 Å². The van der Waals surface area contributed by atoms with Gasteiger partial charge >= 0.3 is 0 Å². The molecule has 1 aliphatic carbocycles. The van der Waals surface area contributed by atoms with Crippen LogP contribution in [0.5, 0.6) is 0 Å². The molecule has 0 unspecified atom stereocenters. The molecule has 0 aliphatic heterocycles. The van der Waals surface area contributed by atoms with Gasteiger partial charge in [-0.2, -0.15) is 0 Å². The van der Waals surface area contributed by atoms with Crippen molar-refractivity contribution in [2.75, 3.05) is 6.54 Å². The average Bonchev–Trinajstić information content (AvgIpc) is 2.83. The molecule has 2 rings (SSSR count). The Bertz CT molecular complexity index is 301. The zero-order chi connectivity index (χ0) is 8.55. The SMILES string of the molecule is NCC(=O)c1cc(C2CC2)cs1. The van der Waals surface area contributed by atoms with E-state index in [0.717, 1.165) is 10.8 Å². The number of hydrogen-bond acceptors (Lipinski definition) is 3. The maximum absolute atomic E-state index is 11.2. The zero-order valence-corrected chi connectivity index (χ0v) is 7.56. The summed E-state index contributed by atoms with van der Waals surface area (Å²) < 4.78 is 0. The van der Waals surface area contributed by atoms with E-state index in [0.29, 0.717) is 0 Å². The molecule has 0 saturated heterocycles. The summed E-state index contributed by atoms with van der Waals surface area (Å²) in [7, 11) is 0. The highest BCUT2D eigenvalue weighted by Gasteiger charge is 2.24. The Morgan fingerprint density at radius 1 is 1.67 bits per heavy atom. The van der Waals surface area contributed by atoms with Gasteiger partial charge in [-0.3, -0.25) is 4.79 Å². The van der Waals surface area contributed by atoms with Gasteiger partial charge in [-0.25, -0.2) is 0 Å². The fourth-order valence-corrected chi connectivity index (χ4v) is 2.17. The molecule has 1 aliphatic rings. The molecule has 0 amide bonds. The van der Waals surface area contributed by atoms with Crippen LogP contribution in [0, 0.1) is 0 Å². The normalized spacial score (nSPS) is 16.4. The average molecular weight is 181 g/mol. The molecule has 0 aromatic carbocycles. The van der Waals surface area contributed by atoms with Crippen molar-refractivity contribution >= 4 is 17.1 Å². The summed E-state index contributed by atoms with van der Waals surface area (Å²) in [6, 6.07) is 2.00. The Morgan fingerprint density at radius 3 is 3.00 bits per heavy atom. The fourth-order valence-electron chi connectivity index (χ4n) is 1.23. The molecule has 1 fully saturated rings. The minimum absolute atomic E-state index is 0.0619. The molecule has 1 heterocycles. The summed E-state index contributed by atoms with van der Waals surface area (Å²) in [5.74, 6) is 0.799. The van der Waals surface area contributed by atoms with Crippen molar-refractivity contribution in [1.82, 2.24) is 0 Å². The second-order valence-corrected chi connectivity index (χ2v) is 4.06. The van der Waals surface area contributed by atoms with Crippen LogP contribution in [-0.4, -0.2) is 12.3 Å². The Balaban J connectivity index is 2.17. The number of carbonyl (C=O) groups excluding carboxylic acids is 1. The van der Waals surface area contributed by atoms with Crippen LogP contribution < -0.4 is 5.73 Å². The lowest BCUT2D eigenvalue weighted by atomic mass is 10.2. The highest BCUT2D eigenvalue weighted by atomic mass is 32.1. The van der Waals surface area contributed by atoms with E-state index >= 15 is 0 Å². The molecule has 2 nitrogen and oxygen atoms in total. The number of hydrogen-bond donors (Lipinski definition) is 1. The van der Waals surface area contributed by atoms with Crippen molar-refractivity contribution in [2.45, 2.75) is 18.8 Å². The van der Waals surface area contributed by atoms with Crippen LogP contribution >= 0.6 is 11.3 Å². The van der Waals surface area contributed by atoms with Gasteiger partial charge in [0.1, 0.15) is 0 Å². The van der Waals surface area contributed by atoms with Crippen LogP contribution in [0.3, 0.4) is 0 Å². The molecule has 12 heavy (non-hydrogen) atoms. The number of Topliss-reactive ketones (excluding diaryl/α,β-unsaturated/α-hetero) is 1. The van der Waals surface area contributed by atoms with Crippen molar-refractivity contribution < 1.29 is 4.79 Å². The fraction of sp³-hybridized carbons (Fsp3) is 0.444. The second kappa shape index (κ2) is 2.99. The quantitative estimate of drug-likeness (QED) is 0.722. The van der Waals surface area contributed by atoms with Crippen molar-refractivity contribution in [1.29, 1.82) is 0 Å². The number of nitrogens with two attached hydrogens (primary N) is 1. The molecule has 2 N–H and O–H groups in total. The Labute approximate surface area is 75.4 Å². The van der Waals surface area contributed by atoms with E-state index in [1.54, 1.807) is 0 Å². The van der Waals surface area contributed by atoms with Crippen LogP contribution in [-0.2, 0) is 0 Å². The first-order valence-corrected chi connectivity index (χ1v) is 5.01. The van der Waals surface area contributed by atoms with Gasteiger partial charge in [-0.05, 0) is 35.8 Å². The first kappa shape index (κ1) is 7.95. The van der Waals surface area contributed by atoms with Gasteiger partial charge in [-0.1, -0.05) is 0 Å². The molecule has 0 atom stereocenters. The monoisotopic (exact) mass is 181 g/mol. The highest BCUT2D eigenvalue weighted by Crippen LogP contribution is 2.41. The topological polar surface area (TPSA) is 43.1 Å². The van der Waals surface area contributed by atoms with Crippen molar-refractivity contribution in [2.24, 2.45) is 5.73 Å². The summed E-state index contributed by atoms with van der Waals surface area (Å²) in [4.78, 5) is 12.0. The molecule has 3 heteroatoms. The first-order chi connectivity index (χ1) is 5.81. The third-order valence-electron chi connectivity index (χ3n) is 2.13. The van der Waals surface area contributed by atoms with Gasteiger partial charge in [0, 0.05) is 0 Å². The number of rotatable bonds is 3. The largest absolute Gasteiger partial charge is 0.324 e. The van der Waals surface area contributed by atoms with E-state index in [9.17, 15) is 4.79 Å². The van der Waals surface area contributed by atoms with E-state index < -0.39 is 0 Å². The Kier molecular flexibility index (Phi) is 1.98. The summed E-state index contributed by atoms with van der Waals surface area (Å²) in [5.41, 5.74) is 6.59. The Hall–Kier alpha value is -0.670. The molecule has 0 radical (unpaired) electrons. The maximum atomic E-state index is 11.2. The van der Waals surface area contributed by atoms with Crippen molar-refractivity contribution in [3.63, 3.8) is 0 Å². The second-order valence-electron chi connectivity index (χ2n) is 3.15. The van der Waals surface area contributed by atoms with Crippen molar-refractivity contribution in [3.05, 3.63) is 21.9 Å². The van der Waals surface area contributed by atoms with E-state index in [2.05, 4.69) is 5.38 Å². The zero-order valence-electron chi connectivity index (χ0n) is 6.75. The van der Waals surface area contributed by atoms with Crippen LogP contribution in [0.4, 0.5) is 0 Å². The molecule has 0 bridgehead atoms. The lowest BCUT2D eigenvalue weighted by Crippen LogP contribution is -2.11. The molecule has 1 saturated carbocycles. The third kappa shape index (κ3) is 1.42. The van der Waals surface area contributed by atoms with E-state index in [4.69, 9.17) is 5.73 Å². The van der Waals surface area contributed by atoms with Crippen LogP contribution in [0.25, 0.3) is 0 Å². The molecular formula is C9H11NOS. The first-order valence-electron chi connectivity index (χ1n) is 4.13. The lowest BCUT2D eigenvalue weighted by molar-refractivity contribution is 0.100. The molecule has 0 spiro atoms. The molecular weight excluding hydrogens is 170 g/mol. The standard InChI is InChI=1S/C9H11NOS/c10-4-8(11)9-3-7(5-12-9)6-1-2-6/h3,5-6H,1-2,4,10H2. The summed E-state index contributed by atoms with van der Waals surface area (Å²) in [6.07, 6.45) is 2.57. The van der Waals surface area contributed by atoms with Gasteiger partial charge in [0.25, 0.3) is 0 Å². The maximum Gasteiger partial charge on any atom is 0.186 e. The summed E-state index contributed by atoms with van der Waals surface area (Å²) >= 11 is 1.52. The number of thiophene rings is 1. The Morgan fingerprint density at radius 2 is 2.42 bits per heavy atom. The summed E-state index contributed by atoms with van der Waals surface area (Å²) in [6.45, 7) is 0.130. The summed E-state index contributed by atoms with van der Waals surface area (Å²) in [5, 5.41) is 2.08. The molecule has 1 aromatic heterocycles. The van der Waals surface area contributed by atoms with Gasteiger partial charge in [0.2, 0.25) is 0 Å². The number of carbonyl (C=O) groups is 1. The van der Waals surface area contributed by atoms with Gasteiger partial charge < -0.3 is 5.73 Å². The third-order valence-corrected chi connectivity index (χ3v) is 3.12. The minimum Gasteiger partial charge on any atom is -0.324 e. The predicted molar refractivity (Wildman–Crippen MR) is 49.7 cm³/mol. The van der Waals surface area contributed by atoms with Crippen molar-refractivity contribution in [3.8, 4) is 0 Å². The smallest absolute Gasteiger partial charge is 0.186 e. The number of ketones is 1. The molecule has 64 valence electrons. The van der Waals surface area contributed by atoms with E-state index in [-0.39, 0.29) is 12.3 Å². The van der Waals surface area contributed by atoms with Crippen LogP contribution in [0.2, 0.25) is 0 Å². The van der Waals surface area contributed by atoms with Crippen LogP contribution in [0.1, 0.15) is 34.0 Å². The molecule has 1 aromatic rings.